The van der Waals surface area contributed by atoms with Crippen LogP contribution < -0.4 is 5.32 Å². The molecule has 1 saturated carbocycles. The van der Waals surface area contributed by atoms with Crippen LogP contribution in [0, 0.1) is 12.8 Å². The van der Waals surface area contributed by atoms with E-state index >= 15 is 0 Å². The molecule has 0 aromatic heterocycles. The average molecular weight is 254 g/mol. The predicted molar refractivity (Wildman–Crippen MR) is 67.3 cm³/mol. The number of nitrogens with one attached hydrogen (secondary N) is 1. The number of halogens is 1. The molecule has 0 atom stereocenters. The fourth-order valence-electron chi connectivity index (χ4n) is 1.99. The Kier molecular flexibility index (Phi) is 3.69. The topological polar surface area (TPSA) is 49.3 Å². The monoisotopic (exact) mass is 253 g/mol. The van der Waals surface area contributed by atoms with E-state index in [0.717, 1.165) is 18.4 Å². The molecule has 0 unspecified atom stereocenters. The summed E-state index contributed by atoms with van der Waals surface area (Å²) in [4.78, 5) is 11.8. The Bertz CT molecular complexity index is 427. The van der Waals surface area contributed by atoms with Gasteiger partial charge < -0.3 is 10.4 Å². The fourth-order valence-corrected chi connectivity index (χ4v) is 2.11. The highest BCUT2D eigenvalue weighted by Crippen LogP contribution is 2.26. The number of amides is 1. The van der Waals surface area contributed by atoms with E-state index < -0.39 is 0 Å². The Balaban J connectivity index is 1.88. The van der Waals surface area contributed by atoms with Crippen LogP contribution in [0.4, 0.5) is 0 Å². The highest BCUT2D eigenvalue weighted by Gasteiger charge is 2.27. The maximum absolute atomic E-state index is 11.8. The zero-order valence-corrected chi connectivity index (χ0v) is 10.5. The Morgan fingerprint density at radius 3 is 2.82 bits per heavy atom. The minimum absolute atomic E-state index is 0.0776. The number of aliphatic hydroxyl groups is 1. The summed E-state index contributed by atoms with van der Waals surface area (Å²) in [5, 5.41) is 12.7. The molecule has 0 spiro atoms. The molecule has 1 fully saturated rings. The summed E-state index contributed by atoms with van der Waals surface area (Å²) in [5.74, 6) is 0.341. The molecule has 1 aliphatic rings. The first-order valence-corrected chi connectivity index (χ1v) is 6.16. The van der Waals surface area contributed by atoms with Crippen LogP contribution in [-0.2, 0) is 0 Å². The van der Waals surface area contributed by atoms with Gasteiger partial charge in [-0.25, -0.2) is 0 Å². The average Bonchev–Trinajstić information content (AvgIpc) is 2.26. The molecule has 2 rings (SSSR count). The Labute approximate surface area is 106 Å². The molecule has 2 N–H and O–H groups in total. The first kappa shape index (κ1) is 12.4. The van der Waals surface area contributed by atoms with E-state index in [1.807, 2.05) is 6.92 Å². The van der Waals surface area contributed by atoms with Crippen molar-refractivity contribution in [2.45, 2.75) is 25.9 Å². The maximum Gasteiger partial charge on any atom is 0.251 e. The minimum atomic E-state index is -0.172. The number of aryl methyl sites for hydroxylation is 1. The summed E-state index contributed by atoms with van der Waals surface area (Å²) in [5.41, 5.74) is 1.53. The highest BCUT2D eigenvalue weighted by molar-refractivity contribution is 6.31. The first-order chi connectivity index (χ1) is 8.06. The SMILES string of the molecule is Cc1cc(C(=O)NCC2CC(O)C2)ccc1Cl. The van der Waals surface area contributed by atoms with E-state index in [1.165, 1.54) is 0 Å². The smallest absolute Gasteiger partial charge is 0.251 e. The van der Waals surface area contributed by atoms with Gasteiger partial charge in [0.2, 0.25) is 0 Å². The van der Waals surface area contributed by atoms with Crippen LogP contribution >= 0.6 is 11.6 Å². The van der Waals surface area contributed by atoms with Crippen molar-refractivity contribution in [2.75, 3.05) is 6.54 Å². The summed E-state index contributed by atoms with van der Waals surface area (Å²) < 4.78 is 0. The summed E-state index contributed by atoms with van der Waals surface area (Å²) in [7, 11) is 0. The molecule has 0 saturated heterocycles. The molecule has 0 heterocycles. The Morgan fingerprint density at radius 1 is 1.53 bits per heavy atom. The van der Waals surface area contributed by atoms with Crippen molar-refractivity contribution in [2.24, 2.45) is 5.92 Å². The van der Waals surface area contributed by atoms with E-state index in [0.29, 0.717) is 23.0 Å². The van der Waals surface area contributed by atoms with Gasteiger partial charge in [0.05, 0.1) is 6.10 Å². The van der Waals surface area contributed by atoms with Crippen LogP contribution in [0.15, 0.2) is 18.2 Å². The number of carbonyl (C=O) groups excluding carboxylic acids is 1. The molecule has 92 valence electrons. The molecule has 3 nitrogen and oxygen atoms in total. The van der Waals surface area contributed by atoms with Crippen molar-refractivity contribution in [1.82, 2.24) is 5.32 Å². The number of carbonyl (C=O) groups is 1. The largest absolute Gasteiger partial charge is 0.393 e. The minimum Gasteiger partial charge on any atom is -0.393 e. The number of rotatable bonds is 3. The third-order valence-electron chi connectivity index (χ3n) is 3.18. The lowest BCUT2D eigenvalue weighted by atomic mass is 9.82. The molecule has 0 bridgehead atoms. The molecule has 1 aromatic rings. The van der Waals surface area contributed by atoms with E-state index in [1.54, 1.807) is 18.2 Å². The predicted octanol–water partition coefficient (Wildman–Crippen LogP) is 2.15. The molecule has 0 radical (unpaired) electrons. The van der Waals surface area contributed by atoms with Crippen LogP contribution in [-0.4, -0.2) is 23.7 Å². The van der Waals surface area contributed by atoms with E-state index in [2.05, 4.69) is 5.32 Å². The zero-order chi connectivity index (χ0) is 12.4. The van der Waals surface area contributed by atoms with Gasteiger partial charge in [0, 0.05) is 17.1 Å². The van der Waals surface area contributed by atoms with Crippen molar-refractivity contribution < 1.29 is 9.90 Å². The summed E-state index contributed by atoms with van der Waals surface area (Å²) in [6.45, 7) is 2.51. The van der Waals surface area contributed by atoms with Crippen molar-refractivity contribution in [3.05, 3.63) is 34.3 Å². The third kappa shape index (κ3) is 2.99. The molecule has 0 aliphatic heterocycles. The van der Waals surface area contributed by atoms with Crippen LogP contribution in [0.3, 0.4) is 0 Å². The Hall–Kier alpha value is -1.06. The third-order valence-corrected chi connectivity index (χ3v) is 3.61. The van der Waals surface area contributed by atoms with Gasteiger partial charge in [0.15, 0.2) is 0 Å². The van der Waals surface area contributed by atoms with E-state index in [9.17, 15) is 4.79 Å². The second kappa shape index (κ2) is 5.07. The molecule has 17 heavy (non-hydrogen) atoms. The maximum atomic E-state index is 11.8. The molecule has 4 heteroatoms. The van der Waals surface area contributed by atoms with Crippen LogP contribution in [0.5, 0.6) is 0 Å². The number of benzene rings is 1. The van der Waals surface area contributed by atoms with Crippen molar-refractivity contribution in [3.63, 3.8) is 0 Å². The van der Waals surface area contributed by atoms with Gasteiger partial charge in [-0.1, -0.05) is 11.6 Å². The van der Waals surface area contributed by atoms with Crippen molar-refractivity contribution >= 4 is 17.5 Å². The van der Waals surface area contributed by atoms with E-state index in [-0.39, 0.29) is 12.0 Å². The standard InChI is InChI=1S/C13H16ClNO2/c1-8-4-10(2-3-12(8)14)13(17)15-7-9-5-11(16)6-9/h2-4,9,11,16H,5-7H2,1H3,(H,15,17). The molecule has 1 aromatic carbocycles. The number of hydrogen-bond acceptors (Lipinski definition) is 2. The zero-order valence-electron chi connectivity index (χ0n) is 9.74. The van der Waals surface area contributed by atoms with Crippen LogP contribution in [0.2, 0.25) is 5.02 Å². The lowest BCUT2D eigenvalue weighted by Gasteiger charge is -2.31. The molecule has 1 amide bonds. The summed E-state index contributed by atoms with van der Waals surface area (Å²) in [6.07, 6.45) is 1.41. The van der Waals surface area contributed by atoms with Gasteiger partial charge in [-0.15, -0.1) is 0 Å². The Morgan fingerprint density at radius 2 is 2.24 bits per heavy atom. The first-order valence-electron chi connectivity index (χ1n) is 5.78. The second-order valence-electron chi connectivity index (χ2n) is 4.67. The summed E-state index contributed by atoms with van der Waals surface area (Å²) in [6, 6.07) is 5.24. The van der Waals surface area contributed by atoms with Gasteiger partial charge in [-0.3, -0.25) is 4.79 Å². The van der Waals surface area contributed by atoms with Gasteiger partial charge >= 0.3 is 0 Å². The van der Waals surface area contributed by atoms with Crippen LogP contribution in [0.1, 0.15) is 28.8 Å². The van der Waals surface area contributed by atoms with Crippen molar-refractivity contribution in [1.29, 1.82) is 0 Å². The molecular weight excluding hydrogens is 238 g/mol. The molecule has 1 aliphatic carbocycles. The van der Waals surface area contributed by atoms with Crippen molar-refractivity contribution in [3.8, 4) is 0 Å². The van der Waals surface area contributed by atoms with Gasteiger partial charge in [0.25, 0.3) is 5.91 Å². The lowest BCUT2D eigenvalue weighted by Crippen LogP contribution is -2.38. The van der Waals surface area contributed by atoms with E-state index in [4.69, 9.17) is 16.7 Å². The number of aliphatic hydroxyl groups excluding tert-OH is 1. The van der Waals surface area contributed by atoms with Gasteiger partial charge in [-0.2, -0.15) is 0 Å². The highest BCUT2D eigenvalue weighted by atomic mass is 35.5. The second-order valence-corrected chi connectivity index (χ2v) is 5.07. The fraction of sp³-hybridized carbons (Fsp3) is 0.462. The number of hydrogen-bond donors (Lipinski definition) is 2. The quantitative estimate of drug-likeness (QED) is 0.867. The summed E-state index contributed by atoms with van der Waals surface area (Å²) >= 11 is 5.90. The van der Waals surface area contributed by atoms with Gasteiger partial charge in [0.1, 0.15) is 0 Å². The van der Waals surface area contributed by atoms with Gasteiger partial charge in [-0.05, 0) is 49.4 Å². The van der Waals surface area contributed by atoms with Crippen LogP contribution in [0.25, 0.3) is 0 Å². The molecular formula is C13H16ClNO2. The lowest BCUT2D eigenvalue weighted by molar-refractivity contribution is 0.0420. The normalized spacial score (nSPS) is 23.0.